The van der Waals surface area contributed by atoms with Gasteiger partial charge in [-0.15, -0.1) is 5.73 Å². The average molecular weight is 354 g/mol. The van der Waals surface area contributed by atoms with Gasteiger partial charge in [0.05, 0.1) is 0 Å². The van der Waals surface area contributed by atoms with E-state index in [0.717, 1.165) is 25.7 Å². The van der Waals surface area contributed by atoms with Gasteiger partial charge in [-0.25, -0.2) is 0 Å². The van der Waals surface area contributed by atoms with Gasteiger partial charge in [0.1, 0.15) is 0 Å². The standard InChI is InChI=1S/C21H29F3O/c1-2-3-4-5-6-7-8-9-10-11-12-13-14-15-16-17-18-19-20(25)21(22,23)24/h5,7,9-10,12-13,15-16H,2-4,8,11,14,17-19H2,1H3/b10-9-,13-12-,16-15-. The van der Waals surface area contributed by atoms with E-state index in [9.17, 15) is 18.0 Å². The number of carbonyl (C=O) groups excluding carboxylic acids is 1. The molecule has 0 saturated carbocycles. The molecule has 0 radical (unpaired) electrons. The Bertz CT molecular complexity index is 490. The predicted molar refractivity (Wildman–Crippen MR) is 98.4 cm³/mol. The molecule has 4 heteroatoms. The number of alkyl halides is 3. The van der Waals surface area contributed by atoms with Crippen molar-refractivity contribution in [2.45, 2.75) is 70.9 Å². The van der Waals surface area contributed by atoms with Crippen LogP contribution in [0.4, 0.5) is 13.2 Å². The lowest BCUT2D eigenvalue weighted by Crippen LogP contribution is -2.22. The van der Waals surface area contributed by atoms with E-state index in [1.807, 2.05) is 24.3 Å². The summed E-state index contributed by atoms with van der Waals surface area (Å²) in [6.07, 6.45) is 17.7. The minimum atomic E-state index is -4.69. The third-order valence-corrected chi connectivity index (χ3v) is 3.33. The molecule has 0 aromatic rings. The molecule has 0 bridgehead atoms. The highest BCUT2D eigenvalue weighted by Crippen LogP contribution is 2.19. The quantitative estimate of drug-likeness (QED) is 0.197. The normalized spacial score (nSPS) is 12.2. The third-order valence-electron chi connectivity index (χ3n) is 3.33. The van der Waals surface area contributed by atoms with E-state index in [2.05, 4.69) is 37.0 Å². The Balaban J connectivity index is 3.61. The Hall–Kier alpha value is -1.80. The zero-order valence-electron chi connectivity index (χ0n) is 15.0. The Morgan fingerprint density at radius 3 is 2.04 bits per heavy atom. The number of hydrogen-bond acceptors (Lipinski definition) is 1. The second-order valence-corrected chi connectivity index (χ2v) is 5.65. The van der Waals surface area contributed by atoms with Gasteiger partial charge in [-0.1, -0.05) is 49.8 Å². The molecule has 0 saturated heterocycles. The second-order valence-electron chi connectivity index (χ2n) is 5.65. The van der Waals surface area contributed by atoms with Crippen molar-refractivity contribution >= 4 is 5.78 Å². The minimum Gasteiger partial charge on any atom is -0.290 e. The van der Waals surface area contributed by atoms with Gasteiger partial charge in [0.15, 0.2) is 0 Å². The molecule has 0 aromatic carbocycles. The van der Waals surface area contributed by atoms with Crippen molar-refractivity contribution in [3.05, 3.63) is 54.3 Å². The molecule has 0 spiro atoms. The van der Waals surface area contributed by atoms with Crippen LogP contribution < -0.4 is 0 Å². The van der Waals surface area contributed by atoms with Crippen molar-refractivity contribution < 1.29 is 18.0 Å². The molecule has 0 aliphatic carbocycles. The number of rotatable bonds is 13. The number of ketones is 1. The van der Waals surface area contributed by atoms with E-state index in [1.54, 1.807) is 0 Å². The number of allylic oxidation sites excluding steroid dienone is 7. The second kappa shape index (κ2) is 15.7. The number of Topliss-reactive ketones (excluding diaryl/α,β-unsaturated/α-hetero) is 1. The fourth-order valence-electron chi connectivity index (χ4n) is 1.89. The molecule has 0 N–H and O–H groups in total. The summed E-state index contributed by atoms with van der Waals surface area (Å²) in [5.74, 6) is -1.64. The zero-order chi connectivity index (χ0) is 18.8. The van der Waals surface area contributed by atoms with E-state index >= 15 is 0 Å². The zero-order valence-corrected chi connectivity index (χ0v) is 15.0. The first-order valence-corrected chi connectivity index (χ1v) is 8.93. The summed E-state index contributed by atoms with van der Waals surface area (Å²) in [7, 11) is 0. The van der Waals surface area contributed by atoms with Crippen molar-refractivity contribution in [3.63, 3.8) is 0 Å². The first-order valence-electron chi connectivity index (χ1n) is 8.93. The number of halogens is 3. The molecule has 0 unspecified atom stereocenters. The Kier molecular flexibility index (Phi) is 14.6. The first-order chi connectivity index (χ1) is 12.0. The first kappa shape index (κ1) is 23.2. The van der Waals surface area contributed by atoms with Gasteiger partial charge in [0.25, 0.3) is 0 Å². The number of unbranched alkanes of at least 4 members (excludes halogenated alkanes) is 3. The van der Waals surface area contributed by atoms with Gasteiger partial charge in [-0.2, -0.15) is 13.2 Å². The van der Waals surface area contributed by atoms with Crippen LogP contribution in [-0.2, 0) is 4.79 Å². The van der Waals surface area contributed by atoms with Crippen molar-refractivity contribution in [3.8, 4) is 0 Å². The lowest BCUT2D eigenvalue weighted by molar-refractivity contribution is -0.171. The van der Waals surface area contributed by atoms with Crippen LogP contribution in [0.5, 0.6) is 0 Å². The van der Waals surface area contributed by atoms with Crippen molar-refractivity contribution in [2.75, 3.05) is 0 Å². The highest BCUT2D eigenvalue weighted by Gasteiger charge is 2.36. The molecular formula is C21H29F3O. The molecule has 1 nitrogen and oxygen atoms in total. The molecule has 0 fully saturated rings. The van der Waals surface area contributed by atoms with Crippen LogP contribution >= 0.6 is 0 Å². The number of hydrogen-bond donors (Lipinski definition) is 0. The highest BCUT2D eigenvalue weighted by molar-refractivity contribution is 5.83. The summed E-state index contributed by atoms with van der Waals surface area (Å²) in [5.41, 5.74) is 3.16. The van der Waals surface area contributed by atoms with Crippen LogP contribution in [0.3, 0.4) is 0 Å². The van der Waals surface area contributed by atoms with Gasteiger partial charge in [-0.3, -0.25) is 4.79 Å². The van der Waals surface area contributed by atoms with E-state index in [0.29, 0.717) is 6.42 Å². The molecule has 0 aliphatic heterocycles. The highest BCUT2D eigenvalue weighted by atomic mass is 19.4. The lowest BCUT2D eigenvalue weighted by atomic mass is 10.1. The van der Waals surface area contributed by atoms with Crippen LogP contribution in [0.15, 0.2) is 54.3 Å². The van der Waals surface area contributed by atoms with Crippen LogP contribution in [0.2, 0.25) is 0 Å². The monoisotopic (exact) mass is 354 g/mol. The van der Waals surface area contributed by atoms with Gasteiger partial charge in [-0.05, 0) is 57.1 Å². The molecule has 140 valence electrons. The molecule has 25 heavy (non-hydrogen) atoms. The predicted octanol–water partition coefficient (Wildman–Crippen LogP) is 7.03. The van der Waals surface area contributed by atoms with Crippen LogP contribution in [0.25, 0.3) is 0 Å². The lowest BCUT2D eigenvalue weighted by Gasteiger charge is -2.02. The van der Waals surface area contributed by atoms with Crippen molar-refractivity contribution in [1.82, 2.24) is 0 Å². The summed E-state index contributed by atoms with van der Waals surface area (Å²) in [6.45, 7) is 2.17. The summed E-state index contributed by atoms with van der Waals surface area (Å²) < 4.78 is 35.9. The maximum absolute atomic E-state index is 12.0. The fourth-order valence-corrected chi connectivity index (χ4v) is 1.89. The van der Waals surface area contributed by atoms with E-state index < -0.39 is 18.4 Å². The maximum atomic E-state index is 12.0. The summed E-state index contributed by atoms with van der Waals surface area (Å²) in [6, 6.07) is 0. The number of carbonyl (C=O) groups is 1. The minimum absolute atomic E-state index is 0.238. The molecule has 0 aliphatic rings. The molecule has 0 amide bonds. The van der Waals surface area contributed by atoms with Gasteiger partial charge >= 0.3 is 6.18 Å². The molecule has 0 aromatic heterocycles. The van der Waals surface area contributed by atoms with Gasteiger partial charge in [0.2, 0.25) is 5.78 Å². The average Bonchev–Trinajstić information content (AvgIpc) is 2.56. The van der Waals surface area contributed by atoms with E-state index in [-0.39, 0.29) is 6.42 Å². The Morgan fingerprint density at radius 1 is 0.840 bits per heavy atom. The van der Waals surface area contributed by atoms with Crippen LogP contribution in [-0.4, -0.2) is 12.0 Å². The van der Waals surface area contributed by atoms with Crippen LogP contribution in [0, 0.1) is 0 Å². The topological polar surface area (TPSA) is 17.1 Å². The SMILES string of the molecule is CCCCC=C=CC/C=C\C/C=C\C/C=C\CCCC(=O)C(F)(F)F. The van der Waals surface area contributed by atoms with Crippen LogP contribution in [0.1, 0.15) is 64.7 Å². The van der Waals surface area contributed by atoms with Crippen molar-refractivity contribution in [2.24, 2.45) is 0 Å². The Labute approximate surface area is 149 Å². The summed E-state index contributed by atoms with van der Waals surface area (Å²) in [5, 5.41) is 0. The van der Waals surface area contributed by atoms with Gasteiger partial charge < -0.3 is 0 Å². The summed E-state index contributed by atoms with van der Waals surface area (Å²) in [4.78, 5) is 10.7. The smallest absolute Gasteiger partial charge is 0.290 e. The summed E-state index contributed by atoms with van der Waals surface area (Å²) >= 11 is 0. The Morgan fingerprint density at radius 2 is 1.44 bits per heavy atom. The molecular weight excluding hydrogens is 325 g/mol. The third kappa shape index (κ3) is 16.8. The van der Waals surface area contributed by atoms with E-state index in [4.69, 9.17) is 0 Å². The maximum Gasteiger partial charge on any atom is 0.449 e. The molecule has 0 atom stereocenters. The van der Waals surface area contributed by atoms with Crippen molar-refractivity contribution in [1.29, 1.82) is 0 Å². The van der Waals surface area contributed by atoms with Gasteiger partial charge in [0, 0.05) is 6.42 Å². The largest absolute Gasteiger partial charge is 0.449 e. The molecule has 0 heterocycles. The fraction of sp³-hybridized carbons (Fsp3) is 0.524. The molecule has 0 rings (SSSR count). The van der Waals surface area contributed by atoms with E-state index in [1.165, 1.54) is 12.8 Å².